The molecule has 0 fully saturated rings. The van der Waals surface area contributed by atoms with Crippen LogP contribution in [0.1, 0.15) is 21.7 Å². The Labute approximate surface area is 177 Å². The summed E-state index contributed by atoms with van der Waals surface area (Å²) < 4.78 is 6.09. The van der Waals surface area contributed by atoms with Crippen LogP contribution < -0.4 is 10.6 Å². The molecule has 0 saturated heterocycles. The third kappa shape index (κ3) is 6.33. The average Bonchev–Trinajstić information content (AvgIpc) is 3.26. The average molecular weight is 451 g/mol. The van der Waals surface area contributed by atoms with Gasteiger partial charge in [0.15, 0.2) is 0 Å². The molecule has 0 atom stereocenters. The van der Waals surface area contributed by atoms with E-state index in [9.17, 15) is 9.59 Å². The van der Waals surface area contributed by atoms with Gasteiger partial charge in [-0.05, 0) is 48.0 Å². The van der Waals surface area contributed by atoms with E-state index in [0.29, 0.717) is 11.3 Å². The highest BCUT2D eigenvalue weighted by molar-refractivity contribution is 9.10. The first kappa shape index (κ1) is 20.4. The van der Waals surface area contributed by atoms with Gasteiger partial charge in [-0.2, -0.15) is 0 Å². The molecular weight excluding hydrogens is 432 g/mol. The standard InChI is InChI=1S/C23H19BrN2O3/c24-19-13-11-18(12-14-19)22(27)26-21(10-4-8-17-6-2-1-3-7-17)23(28)25-16-20-9-5-15-29-20/h1-15H,16H2,(H,25,28)(H,26,27). The number of hydrogen-bond acceptors (Lipinski definition) is 3. The summed E-state index contributed by atoms with van der Waals surface area (Å²) in [6.45, 7) is 0.222. The highest BCUT2D eigenvalue weighted by Crippen LogP contribution is 2.11. The summed E-state index contributed by atoms with van der Waals surface area (Å²) >= 11 is 3.34. The Bertz CT molecular complexity index is 1010. The molecule has 0 aliphatic carbocycles. The molecule has 2 N–H and O–H groups in total. The number of hydrogen-bond donors (Lipinski definition) is 2. The molecule has 3 rings (SSSR count). The normalized spacial score (nSPS) is 11.4. The fraction of sp³-hybridized carbons (Fsp3) is 0.0435. The fourth-order valence-corrected chi connectivity index (χ4v) is 2.73. The fourth-order valence-electron chi connectivity index (χ4n) is 2.47. The first-order valence-corrected chi connectivity index (χ1v) is 9.72. The molecule has 0 saturated carbocycles. The molecular formula is C23H19BrN2O3. The minimum Gasteiger partial charge on any atom is -0.467 e. The van der Waals surface area contributed by atoms with Crippen LogP contribution in [0.4, 0.5) is 0 Å². The Balaban J connectivity index is 1.74. The third-order valence-electron chi connectivity index (χ3n) is 3.95. The van der Waals surface area contributed by atoms with Crippen molar-refractivity contribution in [1.29, 1.82) is 0 Å². The maximum atomic E-state index is 12.6. The van der Waals surface area contributed by atoms with Gasteiger partial charge in [-0.3, -0.25) is 9.59 Å². The van der Waals surface area contributed by atoms with Crippen molar-refractivity contribution in [3.63, 3.8) is 0 Å². The van der Waals surface area contributed by atoms with Crippen molar-refractivity contribution >= 4 is 33.8 Å². The predicted molar refractivity (Wildman–Crippen MR) is 116 cm³/mol. The molecule has 0 spiro atoms. The van der Waals surface area contributed by atoms with Gasteiger partial charge in [-0.1, -0.05) is 58.4 Å². The van der Waals surface area contributed by atoms with Gasteiger partial charge < -0.3 is 15.1 Å². The summed E-state index contributed by atoms with van der Waals surface area (Å²) in [6.07, 6.45) is 6.68. The van der Waals surface area contributed by atoms with Crippen LogP contribution in [0.5, 0.6) is 0 Å². The molecule has 0 aliphatic rings. The van der Waals surface area contributed by atoms with Crippen LogP contribution in [0, 0.1) is 0 Å². The van der Waals surface area contributed by atoms with E-state index in [4.69, 9.17) is 4.42 Å². The van der Waals surface area contributed by atoms with Gasteiger partial charge in [0.05, 0.1) is 12.8 Å². The lowest BCUT2D eigenvalue weighted by Gasteiger charge is -2.10. The summed E-state index contributed by atoms with van der Waals surface area (Å²) in [7, 11) is 0. The van der Waals surface area contributed by atoms with Crippen LogP contribution in [0.25, 0.3) is 6.08 Å². The van der Waals surface area contributed by atoms with Crippen molar-refractivity contribution in [2.24, 2.45) is 0 Å². The van der Waals surface area contributed by atoms with Gasteiger partial charge in [0.25, 0.3) is 11.8 Å². The molecule has 29 heavy (non-hydrogen) atoms. The molecule has 0 bridgehead atoms. The molecule has 2 aromatic carbocycles. The van der Waals surface area contributed by atoms with Crippen molar-refractivity contribution in [1.82, 2.24) is 10.6 Å². The second kappa shape index (κ2) is 10.2. The minimum absolute atomic E-state index is 0.136. The van der Waals surface area contributed by atoms with E-state index in [1.54, 1.807) is 48.6 Å². The van der Waals surface area contributed by atoms with Gasteiger partial charge in [-0.25, -0.2) is 0 Å². The molecule has 0 aliphatic heterocycles. The molecule has 5 nitrogen and oxygen atoms in total. The highest BCUT2D eigenvalue weighted by atomic mass is 79.9. The van der Waals surface area contributed by atoms with Crippen LogP contribution in [-0.2, 0) is 11.3 Å². The monoisotopic (exact) mass is 450 g/mol. The number of nitrogens with one attached hydrogen (secondary N) is 2. The smallest absolute Gasteiger partial charge is 0.268 e. The lowest BCUT2D eigenvalue weighted by atomic mass is 10.2. The van der Waals surface area contributed by atoms with Gasteiger partial charge in [-0.15, -0.1) is 0 Å². The number of carbonyl (C=O) groups is 2. The number of rotatable bonds is 7. The third-order valence-corrected chi connectivity index (χ3v) is 4.48. The van der Waals surface area contributed by atoms with Gasteiger partial charge in [0.2, 0.25) is 0 Å². The SMILES string of the molecule is O=C(NCc1ccco1)C(=CC=Cc1ccccc1)NC(=O)c1ccc(Br)cc1. The Morgan fingerprint density at radius 3 is 2.41 bits per heavy atom. The number of halogens is 1. The van der Waals surface area contributed by atoms with E-state index in [2.05, 4.69) is 26.6 Å². The largest absolute Gasteiger partial charge is 0.467 e. The Morgan fingerprint density at radius 1 is 0.966 bits per heavy atom. The lowest BCUT2D eigenvalue weighted by Crippen LogP contribution is -2.34. The van der Waals surface area contributed by atoms with Gasteiger partial charge in [0.1, 0.15) is 11.5 Å². The second-order valence-corrected chi connectivity index (χ2v) is 6.99. The molecule has 3 aromatic rings. The zero-order valence-electron chi connectivity index (χ0n) is 15.5. The molecule has 1 aromatic heterocycles. The van der Waals surface area contributed by atoms with Crippen molar-refractivity contribution < 1.29 is 14.0 Å². The summed E-state index contributed by atoms with van der Waals surface area (Å²) in [5, 5.41) is 5.42. The molecule has 6 heteroatoms. The number of benzene rings is 2. The van der Waals surface area contributed by atoms with E-state index in [-0.39, 0.29) is 18.1 Å². The predicted octanol–water partition coefficient (Wildman–Crippen LogP) is 4.69. The van der Waals surface area contributed by atoms with Gasteiger partial charge in [0, 0.05) is 10.0 Å². The molecule has 0 unspecified atom stereocenters. The first-order valence-electron chi connectivity index (χ1n) is 8.93. The number of allylic oxidation sites excluding steroid dienone is 2. The summed E-state index contributed by atoms with van der Waals surface area (Å²) in [6, 6.07) is 20.1. The summed E-state index contributed by atoms with van der Waals surface area (Å²) in [5.74, 6) is -0.161. The minimum atomic E-state index is -0.412. The Morgan fingerprint density at radius 2 is 1.72 bits per heavy atom. The van der Waals surface area contributed by atoms with Crippen molar-refractivity contribution in [2.75, 3.05) is 0 Å². The van der Waals surface area contributed by atoms with Crippen molar-refractivity contribution in [3.05, 3.63) is 112 Å². The first-order chi connectivity index (χ1) is 14.1. The molecule has 146 valence electrons. The molecule has 2 amide bonds. The van der Waals surface area contributed by atoms with Crippen molar-refractivity contribution in [3.8, 4) is 0 Å². The van der Waals surface area contributed by atoms with E-state index in [1.807, 2.05) is 36.4 Å². The van der Waals surface area contributed by atoms with Gasteiger partial charge >= 0.3 is 0 Å². The quantitative estimate of drug-likeness (QED) is 0.405. The lowest BCUT2D eigenvalue weighted by molar-refractivity contribution is -0.118. The second-order valence-electron chi connectivity index (χ2n) is 6.07. The zero-order chi connectivity index (χ0) is 20.5. The van der Waals surface area contributed by atoms with Crippen LogP contribution in [0.3, 0.4) is 0 Å². The van der Waals surface area contributed by atoms with Crippen LogP contribution in [-0.4, -0.2) is 11.8 Å². The summed E-state index contributed by atoms with van der Waals surface area (Å²) in [5.41, 5.74) is 1.57. The number of amides is 2. The maximum Gasteiger partial charge on any atom is 0.268 e. The zero-order valence-corrected chi connectivity index (χ0v) is 17.1. The highest BCUT2D eigenvalue weighted by Gasteiger charge is 2.14. The summed E-state index contributed by atoms with van der Waals surface area (Å²) in [4.78, 5) is 25.2. The number of carbonyl (C=O) groups excluding carboxylic acids is 2. The van der Waals surface area contributed by atoms with E-state index < -0.39 is 5.91 Å². The van der Waals surface area contributed by atoms with Crippen LogP contribution in [0.15, 0.2) is 99.7 Å². The molecule has 0 radical (unpaired) electrons. The van der Waals surface area contributed by atoms with Crippen LogP contribution >= 0.6 is 15.9 Å². The number of furan rings is 1. The van der Waals surface area contributed by atoms with Crippen LogP contribution in [0.2, 0.25) is 0 Å². The van der Waals surface area contributed by atoms with E-state index in [1.165, 1.54) is 6.26 Å². The van der Waals surface area contributed by atoms with E-state index in [0.717, 1.165) is 10.0 Å². The maximum absolute atomic E-state index is 12.6. The Kier molecular flexibility index (Phi) is 7.19. The Hall–Kier alpha value is -3.38. The van der Waals surface area contributed by atoms with Crippen molar-refractivity contribution in [2.45, 2.75) is 6.54 Å². The topological polar surface area (TPSA) is 71.3 Å². The van der Waals surface area contributed by atoms with E-state index >= 15 is 0 Å². The molecule has 1 heterocycles.